The molecule has 44 heavy (non-hydrogen) atoms. The Balaban J connectivity index is 1.96. The molecule has 3 amide bonds. The summed E-state index contributed by atoms with van der Waals surface area (Å²) in [7, 11) is -4.58. The number of ether oxygens (including phenoxy) is 2. The summed E-state index contributed by atoms with van der Waals surface area (Å²) in [6, 6.07) is 11.4. The van der Waals surface area contributed by atoms with Gasteiger partial charge in [0.05, 0.1) is 19.3 Å². The van der Waals surface area contributed by atoms with Gasteiger partial charge in [-0.15, -0.1) is 0 Å². The van der Waals surface area contributed by atoms with Crippen LogP contribution in [0.2, 0.25) is 0 Å². The number of Topliss-reactive ketones (excluding diaryl/α,β-unsaturated/α-hetero) is 1. The fraction of sp³-hybridized carbons (Fsp3) is 0.500. The van der Waals surface area contributed by atoms with Crippen LogP contribution in [0.3, 0.4) is 0 Å². The van der Waals surface area contributed by atoms with Gasteiger partial charge < -0.3 is 19.7 Å². The van der Waals surface area contributed by atoms with E-state index in [-0.39, 0.29) is 42.6 Å². The maximum atomic E-state index is 14.1. The molecule has 1 aliphatic carbocycles. The first kappa shape index (κ1) is 34.7. The van der Waals surface area contributed by atoms with E-state index in [2.05, 4.69) is 5.32 Å². The normalized spacial score (nSPS) is 15.8. The standard InChI is InChI=1S/C30H40F2N4O7S/c1-5-42-24-16-23(17-25(43-6-2)26(24)21(4)37)20(3)36(15-11-10-14-22-12-8-7-9-13-22)28(39)34-29(18-30(31,32)19-29)27(38)35-44(33,40)41/h7-9,12-13,16-17,20H,5-6,10-11,14-15,18-19H2,1-4H3,(H,34,39)(H,35,38)(H2,33,40,41). The molecular weight excluding hydrogens is 598 g/mol. The van der Waals surface area contributed by atoms with E-state index in [0.29, 0.717) is 18.4 Å². The number of ketones is 1. The molecule has 14 heteroatoms. The average Bonchev–Trinajstić information content (AvgIpc) is 2.91. The van der Waals surface area contributed by atoms with Gasteiger partial charge in [0.1, 0.15) is 22.6 Å². The molecule has 242 valence electrons. The van der Waals surface area contributed by atoms with Crippen molar-refractivity contribution in [3.05, 3.63) is 59.2 Å². The molecule has 11 nitrogen and oxygen atoms in total. The number of carbonyl (C=O) groups is 3. The number of carbonyl (C=O) groups excluding carboxylic acids is 3. The third kappa shape index (κ3) is 8.88. The Bertz CT molecular complexity index is 1420. The Morgan fingerprint density at radius 2 is 1.59 bits per heavy atom. The van der Waals surface area contributed by atoms with Crippen molar-refractivity contribution in [3.63, 3.8) is 0 Å². The molecular formula is C30H40F2N4O7S. The van der Waals surface area contributed by atoms with Crippen LogP contribution in [-0.2, 0) is 21.4 Å². The van der Waals surface area contributed by atoms with Crippen LogP contribution in [0.4, 0.5) is 13.6 Å². The number of benzene rings is 2. The van der Waals surface area contributed by atoms with Gasteiger partial charge in [0.25, 0.3) is 22.0 Å². The third-order valence-corrected chi connectivity index (χ3v) is 7.81. The number of amides is 3. The van der Waals surface area contributed by atoms with Crippen LogP contribution < -0.4 is 24.7 Å². The van der Waals surface area contributed by atoms with Gasteiger partial charge in [0.15, 0.2) is 5.78 Å². The van der Waals surface area contributed by atoms with Crippen LogP contribution in [0.25, 0.3) is 0 Å². The Labute approximate surface area is 256 Å². The van der Waals surface area contributed by atoms with Crippen LogP contribution in [0.5, 0.6) is 11.5 Å². The van der Waals surface area contributed by atoms with Crippen LogP contribution in [-0.4, -0.2) is 62.3 Å². The molecule has 1 unspecified atom stereocenters. The molecule has 0 spiro atoms. The smallest absolute Gasteiger partial charge is 0.318 e. The molecule has 1 fully saturated rings. The van der Waals surface area contributed by atoms with Crippen LogP contribution in [0.15, 0.2) is 42.5 Å². The Morgan fingerprint density at radius 1 is 1.02 bits per heavy atom. The van der Waals surface area contributed by atoms with Crippen molar-refractivity contribution in [2.45, 2.75) is 77.3 Å². The largest absolute Gasteiger partial charge is 0.493 e. The number of nitrogens with one attached hydrogen (secondary N) is 2. The molecule has 4 N–H and O–H groups in total. The van der Waals surface area contributed by atoms with Gasteiger partial charge in [0.2, 0.25) is 0 Å². The minimum Gasteiger partial charge on any atom is -0.493 e. The van der Waals surface area contributed by atoms with Crippen molar-refractivity contribution in [1.82, 2.24) is 14.9 Å². The molecule has 0 bridgehead atoms. The predicted molar refractivity (Wildman–Crippen MR) is 160 cm³/mol. The lowest BCUT2D eigenvalue weighted by atomic mass is 9.73. The molecule has 0 saturated heterocycles. The highest BCUT2D eigenvalue weighted by Crippen LogP contribution is 2.46. The maximum Gasteiger partial charge on any atom is 0.318 e. The molecule has 2 aromatic carbocycles. The fourth-order valence-corrected chi connectivity index (χ4v) is 5.74. The minimum atomic E-state index is -4.58. The van der Waals surface area contributed by atoms with Gasteiger partial charge in [-0.2, -0.15) is 8.42 Å². The molecule has 0 radical (unpaired) electrons. The molecule has 1 saturated carbocycles. The van der Waals surface area contributed by atoms with E-state index in [0.717, 1.165) is 12.0 Å². The summed E-state index contributed by atoms with van der Waals surface area (Å²) in [5.74, 6) is -4.39. The summed E-state index contributed by atoms with van der Waals surface area (Å²) < 4.78 is 64.2. The lowest BCUT2D eigenvalue weighted by Crippen LogP contribution is -2.71. The highest BCUT2D eigenvalue weighted by Gasteiger charge is 2.62. The number of hydrogen-bond donors (Lipinski definition) is 3. The van der Waals surface area contributed by atoms with E-state index in [1.54, 1.807) is 32.9 Å². The van der Waals surface area contributed by atoms with Crippen LogP contribution in [0.1, 0.15) is 80.9 Å². The topological polar surface area (TPSA) is 157 Å². The number of nitrogens with zero attached hydrogens (tertiary/aromatic N) is 1. The number of alkyl halides is 2. The molecule has 2 aromatic rings. The summed E-state index contributed by atoms with van der Waals surface area (Å²) in [5, 5.41) is 7.30. The average molecular weight is 639 g/mol. The fourth-order valence-electron chi connectivity index (χ4n) is 5.28. The van der Waals surface area contributed by atoms with Gasteiger partial charge >= 0.3 is 6.03 Å². The molecule has 0 aliphatic heterocycles. The monoisotopic (exact) mass is 638 g/mol. The van der Waals surface area contributed by atoms with E-state index in [1.165, 1.54) is 16.5 Å². The highest BCUT2D eigenvalue weighted by atomic mass is 32.2. The highest BCUT2D eigenvalue weighted by molar-refractivity contribution is 7.87. The van der Waals surface area contributed by atoms with Crippen molar-refractivity contribution in [1.29, 1.82) is 0 Å². The Morgan fingerprint density at radius 3 is 2.07 bits per heavy atom. The van der Waals surface area contributed by atoms with E-state index < -0.39 is 52.5 Å². The van der Waals surface area contributed by atoms with E-state index in [1.807, 2.05) is 30.3 Å². The summed E-state index contributed by atoms with van der Waals surface area (Å²) in [5.41, 5.74) is -0.309. The second kappa shape index (κ2) is 14.3. The second-order valence-corrected chi connectivity index (χ2v) is 12.1. The molecule has 1 aliphatic rings. The third-order valence-electron chi connectivity index (χ3n) is 7.34. The number of hydrogen-bond acceptors (Lipinski definition) is 7. The van der Waals surface area contributed by atoms with Crippen molar-refractivity contribution < 1.29 is 41.1 Å². The van der Waals surface area contributed by atoms with Gasteiger partial charge in [0, 0.05) is 19.4 Å². The summed E-state index contributed by atoms with van der Waals surface area (Å²) >= 11 is 0. The number of halogens is 2. The number of aryl methyl sites for hydroxylation is 1. The van der Waals surface area contributed by atoms with Gasteiger partial charge in [-0.3, -0.25) is 9.59 Å². The quantitative estimate of drug-likeness (QED) is 0.194. The predicted octanol–water partition coefficient (Wildman–Crippen LogP) is 4.27. The van der Waals surface area contributed by atoms with Crippen LogP contribution >= 0.6 is 0 Å². The van der Waals surface area contributed by atoms with E-state index in [9.17, 15) is 31.6 Å². The van der Waals surface area contributed by atoms with Crippen molar-refractivity contribution in [2.75, 3.05) is 19.8 Å². The summed E-state index contributed by atoms with van der Waals surface area (Å²) in [6.45, 7) is 7.27. The second-order valence-electron chi connectivity index (χ2n) is 10.8. The van der Waals surface area contributed by atoms with Crippen molar-refractivity contribution >= 4 is 27.9 Å². The van der Waals surface area contributed by atoms with Crippen molar-refractivity contribution in [3.8, 4) is 11.5 Å². The molecule has 0 heterocycles. The minimum absolute atomic E-state index is 0.158. The summed E-state index contributed by atoms with van der Waals surface area (Å²) in [6.07, 6.45) is -0.262. The number of unbranched alkanes of at least 4 members (excludes halogenated alkanes) is 1. The van der Waals surface area contributed by atoms with Gasteiger partial charge in [-0.05, 0) is 70.2 Å². The van der Waals surface area contributed by atoms with E-state index in [4.69, 9.17) is 14.6 Å². The Hall–Kier alpha value is -3.78. The van der Waals surface area contributed by atoms with E-state index >= 15 is 0 Å². The first-order valence-electron chi connectivity index (χ1n) is 14.4. The van der Waals surface area contributed by atoms with Crippen molar-refractivity contribution in [2.24, 2.45) is 5.14 Å². The lowest BCUT2D eigenvalue weighted by Gasteiger charge is -2.46. The summed E-state index contributed by atoms with van der Waals surface area (Å²) in [4.78, 5) is 40.5. The molecule has 3 rings (SSSR count). The number of nitrogens with two attached hydrogens (primary N) is 1. The number of rotatable bonds is 15. The Kier molecular flexibility index (Phi) is 11.3. The SMILES string of the molecule is CCOc1cc(C(C)N(CCCCc2ccccc2)C(=O)NC2(C(=O)NS(N)(=O)=O)CC(F)(F)C2)cc(OCC)c1C(C)=O. The zero-order valence-electron chi connectivity index (χ0n) is 25.3. The molecule has 1 atom stereocenters. The zero-order chi connectivity index (χ0) is 32.7. The maximum absolute atomic E-state index is 14.1. The van der Waals surface area contributed by atoms with Gasteiger partial charge in [-0.25, -0.2) is 23.4 Å². The zero-order valence-corrected chi connectivity index (χ0v) is 26.1. The van der Waals surface area contributed by atoms with Crippen LogP contribution in [0, 0.1) is 0 Å². The number of urea groups is 1. The first-order valence-corrected chi connectivity index (χ1v) is 16.0. The molecule has 0 aromatic heterocycles. The first-order chi connectivity index (χ1) is 20.6. The van der Waals surface area contributed by atoms with Gasteiger partial charge in [-0.1, -0.05) is 30.3 Å². The lowest BCUT2D eigenvalue weighted by molar-refractivity contribution is -0.159.